The van der Waals surface area contributed by atoms with Crippen LogP contribution in [0.4, 0.5) is 18.0 Å². The number of nitrogens with zero attached hydrogens (tertiary/aromatic N) is 3. The number of benzene rings is 1. The molecule has 3 amide bonds. The molecule has 2 aliphatic heterocycles. The first-order chi connectivity index (χ1) is 14.9. The summed E-state index contributed by atoms with van der Waals surface area (Å²) in [5, 5.41) is 2.78. The number of carbonyl (C=O) groups excluding carboxylic acids is 2. The molecule has 13 heteroatoms. The second kappa shape index (κ2) is 7.89. The van der Waals surface area contributed by atoms with Gasteiger partial charge >= 0.3 is 12.4 Å². The summed E-state index contributed by atoms with van der Waals surface area (Å²) in [6.45, 7) is 2.64. The highest BCUT2D eigenvalue weighted by Gasteiger charge is 2.56. The Labute approximate surface area is 183 Å². The van der Waals surface area contributed by atoms with Gasteiger partial charge in [-0.25, -0.2) is 18.1 Å². The van der Waals surface area contributed by atoms with Gasteiger partial charge in [0.05, 0.1) is 11.6 Å². The van der Waals surface area contributed by atoms with Crippen molar-refractivity contribution in [2.45, 2.75) is 36.6 Å². The zero-order chi connectivity index (χ0) is 23.3. The van der Waals surface area contributed by atoms with E-state index in [9.17, 15) is 31.2 Å². The number of rotatable bonds is 6. The number of imide groups is 1. The van der Waals surface area contributed by atoms with Crippen molar-refractivity contribution in [1.82, 2.24) is 19.4 Å². The number of sulfonamides is 1. The van der Waals surface area contributed by atoms with Gasteiger partial charge in [-0.05, 0) is 49.9 Å². The Hall–Kier alpha value is -2.38. The molecule has 1 aromatic carbocycles. The highest BCUT2D eigenvalue weighted by Crippen LogP contribution is 2.42. The van der Waals surface area contributed by atoms with Gasteiger partial charge in [-0.2, -0.15) is 4.31 Å². The van der Waals surface area contributed by atoms with Crippen LogP contribution in [0.1, 0.15) is 19.8 Å². The zero-order valence-corrected chi connectivity index (χ0v) is 18.1. The van der Waals surface area contributed by atoms with Crippen LogP contribution in [0, 0.1) is 5.92 Å². The molecule has 9 nitrogen and oxygen atoms in total. The van der Waals surface area contributed by atoms with E-state index in [2.05, 4.69) is 10.1 Å². The lowest BCUT2D eigenvalue weighted by Crippen LogP contribution is -2.53. The molecule has 4 rings (SSSR count). The van der Waals surface area contributed by atoms with E-state index in [1.807, 2.05) is 4.90 Å². The molecule has 0 aromatic heterocycles. The van der Waals surface area contributed by atoms with Gasteiger partial charge in [0.1, 0.15) is 11.3 Å². The van der Waals surface area contributed by atoms with Crippen molar-refractivity contribution in [3.8, 4) is 5.75 Å². The molecular weight excluding hydrogens is 453 g/mol. The summed E-state index contributed by atoms with van der Waals surface area (Å²) in [5.74, 6) is -0.617. The van der Waals surface area contributed by atoms with Gasteiger partial charge in [0.15, 0.2) is 0 Å². The van der Waals surface area contributed by atoms with E-state index < -0.39 is 33.7 Å². The molecule has 2 saturated heterocycles. The van der Waals surface area contributed by atoms with Crippen LogP contribution in [-0.2, 0) is 14.8 Å². The predicted octanol–water partition coefficient (Wildman–Crippen LogP) is 1.57. The number of nitrogens with one attached hydrogen (secondary N) is 1. The first kappa shape index (κ1) is 22.8. The van der Waals surface area contributed by atoms with Gasteiger partial charge in [0.25, 0.3) is 5.91 Å². The Balaban J connectivity index is 1.35. The quantitative estimate of drug-likeness (QED) is 0.626. The van der Waals surface area contributed by atoms with E-state index in [1.165, 1.54) is 9.21 Å². The topological polar surface area (TPSA) is 99.3 Å². The molecule has 3 fully saturated rings. The number of amides is 3. The van der Waals surface area contributed by atoms with Crippen molar-refractivity contribution in [2.75, 3.05) is 32.8 Å². The second-order valence-corrected chi connectivity index (χ2v) is 10.3. The molecule has 2 heterocycles. The molecule has 0 unspecified atom stereocenters. The van der Waals surface area contributed by atoms with E-state index >= 15 is 0 Å². The second-order valence-electron chi connectivity index (χ2n) is 8.32. The fourth-order valence-corrected chi connectivity index (χ4v) is 5.48. The third-order valence-corrected chi connectivity index (χ3v) is 7.98. The van der Waals surface area contributed by atoms with E-state index in [-0.39, 0.29) is 36.5 Å². The average molecular weight is 476 g/mol. The molecule has 1 aromatic rings. The summed E-state index contributed by atoms with van der Waals surface area (Å²) < 4.78 is 67.5. The SMILES string of the molecule is C[C@@]1(C2CC2)NC(=O)N(CN2CCN(S(=O)(=O)c3ccc(OC(F)(F)F)cc3)CC2)C1=O. The van der Waals surface area contributed by atoms with Gasteiger partial charge in [0, 0.05) is 26.2 Å². The first-order valence-corrected chi connectivity index (χ1v) is 11.6. The number of hydrogen-bond donors (Lipinski definition) is 1. The van der Waals surface area contributed by atoms with Crippen LogP contribution < -0.4 is 10.1 Å². The Morgan fingerprint density at radius 1 is 1.09 bits per heavy atom. The maximum atomic E-state index is 12.8. The Morgan fingerprint density at radius 3 is 2.22 bits per heavy atom. The van der Waals surface area contributed by atoms with Crippen LogP contribution >= 0.6 is 0 Å². The lowest BCUT2D eigenvalue weighted by molar-refractivity contribution is -0.274. The summed E-state index contributed by atoms with van der Waals surface area (Å²) in [6.07, 6.45) is -3.06. The average Bonchev–Trinajstić information content (AvgIpc) is 3.54. The summed E-state index contributed by atoms with van der Waals surface area (Å²) in [7, 11) is -3.91. The van der Waals surface area contributed by atoms with Crippen molar-refractivity contribution in [2.24, 2.45) is 5.92 Å². The van der Waals surface area contributed by atoms with Crippen molar-refractivity contribution >= 4 is 22.0 Å². The van der Waals surface area contributed by atoms with Crippen LogP contribution in [-0.4, -0.2) is 79.2 Å². The lowest BCUT2D eigenvalue weighted by Gasteiger charge is -2.35. The zero-order valence-electron chi connectivity index (χ0n) is 17.3. The van der Waals surface area contributed by atoms with Crippen LogP contribution in [0.5, 0.6) is 5.75 Å². The van der Waals surface area contributed by atoms with Gasteiger partial charge < -0.3 is 10.1 Å². The van der Waals surface area contributed by atoms with E-state index in [1.54, 1.807) is 6.92 Å². The van der Waals surface area contributed by atoms with Crippen molar-refractivity contribution in [1.29, 1.82) is 0 Å². The van der Waals surface area contributed by atoms with Gasteiger partial charge in [-0.15, -0.1) is 13.2 Å². The minimum Gasteiger partial charge on any atom is -0.406 e. The summed E-state index contributed by atoms with van der Waals surface area (Å²) in [6, 6.07) is 3.58. The van der Waals surface area contributed by atoms with Gasteiger partial charge in [-0.1, -0.05) is 0 Å². The standard InChI is InChI=1S/C19H23F3N4O5S/c1-18(13-2-3-13)16(27)26(17(28)23-18)12-24-8-10-25(11-9-24)32(29,30)15-6-4-14(5-7-15)31-19(20,21)22/h4-7,13H,2-3,8-12H2,1H3,(H,23,28)/t18-/m0/s1. The van der Waals surface area contributed by atoms with Gasteiger partial charge in [-0.3, -0.25) is 9.69 Å². The Kier molecular flexibility index (Phi) is 5.62. The monoisotopic (exact) mass is 476 g/mol. The molecule has 1 atom stereocenters. The molecule has 1 saturated carbocycles. The number of alkyl halides is 3. The summed E-state index contributed by atoms with van der Waals surface area (Å²) in [5.41, 5.74) is -0.871. The maximum absolute atomic E-state index is 12.8. The number of carbonyl (C=O) groups is 2. The fraction of sp³-hybridized carbons (Fsp3) is 0.579. The Bertz CT molecular complexity index is 1000. The summed E-state index contributed by atoms with van der Waals surface area (Å²) in [4.78, 5) is 27.9. The van der Waals surface area contributed by atoms with Crippen LogP contribution in [0.2, 0.25) is 0 Å². The predicted molar refractivity (Wildman–Crippen MR) is 105 cm³/mol. The summed E-state index contributed by atoms with van der Waals surface area (Å²) >= 11 is 0. The van der Waals surface area contributed by atoms with E-state index in [0.717, 1.165) is 37.1 Å². The molecule has 32 heavy (non-hydrogen) atoms. The number of hydrogen-bond acceptors (Lipinski definition) is 6. The lowest BCUT2D eigenvalue weighted by atomic mass is 9.96. The fourth-order valence-electron chi connectivity index (χ4n) is 4.06. The first-order valence-electron chi connectivity index (χ1n) is 10.1. The molecule has 3 aliphatic rings. The highest BCUT2D eigenvalue weighted by molar-refractivity contribution is 7.89. The number of halogens is 3. The Morgan fingerprint density at radius 2 is 1.69 bits per heavy atom. The van der Waals surface area contributed by atoms with Crippen LogP contribution in [0.25, 0.3) is 0 Å². The number of piperazine rings is 1. The molecule has 1 N–H and O–H groups in total. The van der Waals surface area contributed by atoms with Crippen LogP contribution in [0.15, 0.2) is 29.2 Å². The molecular formula is C19H23F3N4O5S. The van der Waals surface area contributed by atoms with Crippen molar-refractivity contribution in [3.63, 3.8) is 0 Å². The van der Waals surface area contributed by atoms with Crippen molar-refractivity contribution in [3.05, 3.63) is 24.3 Å². The van der Waals surface area contributed by atoms with E-state index in [4.69, 9.17) is 0 Å². The van der Waals surface area contributed by atoms with Crippen molar-refractivity contribution < 1.29 is 35.9 Å². The minimum atomic E-state index is -4.86. The minimum absolute atomic E-state index is 0.0738. The molecule has 0 spiro atoms. The molecule has 176 valence electrons. The smallest absolute Gasteiger partial charge is 0.406 e. The maximum Gasteiger partial charge on any atom is 0.573 e. The normalized spacial score (nSPS) is 25.8. The number of urea groups is 1. The molecule has 0 bridgehead atoms. The van der Waals surface area contributed by atoms with E-state index in [0.29, 0.717) is 13.1 Å². The van der Waals surface area contributed by atoms with Crippen LogP contribution in [0.3, 0.4) is 0 Å². The van der Waals surface area contributed by atoms with Gasteiger partial charge in [0.2, 0.25) is 10.0 Å². The third-order valence-electron chi connectivity index (χ3n) is 6.06. The highest BCUT2D eigenvalue weighted by atomic mass is 32.2. The molecule has 1 aliphatic carbocycles. The number of ether oxygens (including phenoxy) is 1. The largest absolute Gasteiger partial charge is 0.573 e. The third kappa shape index (κ3) is 4.41. The molecule has 0 radical (unpaired) electrons.